The number of hydrogen-bond donors (Lipinski definition) is 1. The second-order valence-corrected chi connectivity index (χ2v) is 0. The molecule has 0 aromatic heterocycles. The Morgan fingerprint density at radius 1 is 0.714 bits per heavy atom. The van der Waals surface area contributed by atoms with Crippen LogP contribution in [-0.4, -0.2) is 17.7 Å². The van der Waals surface area contributed by atoms with Crippen LogP contribution in [0.25, 0.3) is 0 Å². The normalized spacial score (nSPS) is 0.857. The summed E-state index contributed by atoms with van der Waals surface area (Å²) in [6.45, 7) is 0. The number of halogens is 4. The molecule has 0 amide bonds. The van der Waals surface area contributed by atoms with Gasteiger partial charge in [0.15, 0.2) is 0 Å². The number of rotatable bonds is 0. The van der Waals surface area contributed by atoms with Crippen LogP contribution in [0.3, 0.4) is 0 Å². The molecular formula is CH10Cl4O2. The largest absolute Gasteiger partial charge is 0.412 e. The van der Waals surface area contributed by atoms with E-state index in [1.807, 2.05) is 0 Å². The Labute approximate surface area is 67.6 Å². The molecule has 0 bridgehead atoms. The quantitative estimate of drug-likeness (QED) is 0.601. The summed E-state index contributed by atoms with van der Waals surface area (Å²) in [6.07, 6.45) is 0. The summed E-state index contributed by atoms with van der Waals surface area (Å²) in [5, 5.41) is 7.00. The predicted octanol–water partition coefficient (Wildman–Crippen LogP) is 0.471. The number of aliphatic hydroxyl groups is 1. The fraction of sp³-hybridized carbons (Fsp3) is 1.00. The van der Waals surface area contributed by atoms with Gasteiger partial charge in [-0.05, 0) is 0 Å². The van der Waals surface area contributed by atoms with Crippen LogP contribution in [0, 0.1) is 0 Å². The maximum Gasteiger partial charge on any atom is 0.0319 e. The minimum absolute atomic E-state index is 0. The van der Waals surface area contributed by atoms with Gasteiger partial charge in [0.05, 0.1) is 0 Å². The topological polar surface area (TPSA) is 51.7 Å². The van der Waals surface area contributed by atoms with E-state index in [1.54, 1.807) is 0 Å². The zero-order valence-electron chi connectivity index (χ0n) is 3.58. The van der Waals surface area contributed by atoms with Crippen molar-refractivity contribution in [2.75, 3.05) is 7.11 Å². The lowest BCUT2D eigenvalue weighted by atomic mass is 11.8. The lowest BCUT2D eigenvalue weighted by Crippen LogP contribution is -1.25. The van der Waals surface area contributed by atoms with Gasteiger partial charge in [-0.3, -0.25) is 0 Å². The summed E-state index contributed by atoms with van der Waals surface area (Å²) < 4.78 is 0. The molecule has 54 valence electrons. The molecule has 0 saturated heterocycles. The van der Waals surface area contributed by atoms with Gasteiger partial charge in [0, 0.05) is 7.11 Å². The zero-order valence-corrected chi connectivity index (χ0v) is 6.85. The molecule has 6 heteroatoms. The van der Waals surface area contributed by atoms with Gasteiger partial charge in [0.1, 0.15) is 0 Å². The van der Waals surface area contributed by atoms with E-state index >= 15 is 0 Å². The summed E-state index contributed by atoms with van der Waals surface area (Å²) in [4.78, 5) is 0. The van der Waals surface area contributed by atoms with Crippen molar-refractivity contribution in [2.45, 2.75) is 0 Å². The maximum absolute atomic E-state index is 7.00. The molecule has 0 heterocycles. The van der Waals surface area contributed by atoms with Crippen LogP contribution in [0.15, 0.2) is 0 Å². The molecule has 0 unspecified atom stereocenters. The van der Waals surface area contributed by atoms with E-state index < -0.39 is 0 Å². The Kier molecular flexibility index (Phi) is 3000. The summed E-state index contributed by atoms with van der Waals surface area (Å²) >= 11 is 0. The summed E-state index contributed by atoms with van der Waals surface area (Å²) in [5.41, 5.74) is 0. The fourth-order valence-corrected chi connectivity index (χ4v) is 0. The molecule has 0 radical (unpaired) electrons. The van der Waals surface area contributed by atoms with E-state index in [2.05, 4.69) is 0 Å². The van der Waals surface area contributed by atoms with Gasteiger partial charge in [-0.15, -0.1) is 49.6 Å². The SMILES string of the molecule is CO.Cl.Cl.Cl.Cl.O. The number of hydrogen-bond acceptors (Lipinski definition) is 1. The molecule has 0 aliphatic rings. The molecule has 0 atom stereocenters. The molecule has 2 nitrogen and oxygen atoms in total. The summed E-state index contributed by atoms with van der Waals surface area (Å²) in [6, 6.07) is 0. The Morgan fingerprint density at radius 2 is 0.714 bits per heavy atom. The Morgan fingerprint density at radius 3 is 0.714 bits per heavy atom. The molecule has 0 spiro atoms. The summed E-state index contributed by atoms with van der Waals surface area (Å²) in [7, 11) is 1.00. The predicted molar refractivity (Wildman–Crippen MR) is 40.7 cm³/mol. The van der Waals surface area contributed by atoms with Crippen molar-refractivity contribution in [3.63, 3.8) is 0 Å². The van der Waals surface area contributed by atoms with E-state index in [0.29, 0.717) is 0 Å². The minimum atomic E-state index is 0. The summed E-state index contributed by atoms with van der Waals surface area (Å²) in [5.74, 6) is 0. The maximum atomic E-state index is 7.00. The molecule has 7 heavy (non-hydrogen) atoms. The molecule has 0 fully saturated rings. The minimum Gasteiger partial charge on any atom is -0.412 e. The molecule has 3 N–H and O–H groups in total. The average molecular weight is 196 g/mol. The first-order valence-electron chi connectivity index (χ1n) is 0.447. The van der Waals surface area contributed by atoms with Crippen molar-refractivity contribution in [1.29, 1.82) is 0 Å². The fourth-order valence-electron chi connectivity index (χ4n) is 0. The second kappa shape index (κ2) is 224. The molecular weight excluding hydrogens is 186 g/mol. The third kappa shape index (κ3) is 157. The molecule has 0 aliphatic heterocycles. The van der Waals surface area contributed by atoms with Gasteiger partial charge in [-0.1, -0.05) is 0 Å². The third-order valence-corrected chi connectivity index (χ3v) is 0. The Hall–Kier alpha value is 1.08. The molecule has 0 aromatic rings. The van der Waals surface area contributed by atoms with Crippen LogP contribution >= 0.6 is 49.6 Å². The highest BCUT2D eigenvalue weighted by Gasteiger charge is 0.839. The molecule has 0 aliphatic carbocycles. The van der Waals surface area contributed by atoms with E-state index in [-0.39, 0.29) is 55.1 Å². The molecule has 0 rings (SSSR count). The monoisotopic (exact) mass is 194 g/mol. The van der Waals surface area contributed by atoms with E-state index in [0.717, 1.165) is 7.11 Å². The number of aliphatic hydroxyl groups excluding tert-OH is 1. The first kappa shape index (κ1) is 93.6. The Bertz CT molecular complexity index is 9.65. The van der Waals surface area contributed by atoms with Crippen molar-refractivity contribution in [1.82, 2.24) is 0 Å². The third-order valence-electron chi connectivity index (χ3n) is 0. The first-order chi connectivity index (χ1) is 1.00. The van der Waals surface area contributed by atoms with Crippen LogP contribution in [0.4, 0.5) is 0 Å². The second-order valence-electron chi connectivity index (χ2n) is 0. The van der Waals surface area contributed by atoms with Crippen LogP contribution in [-0.2, 0) is 0 Å². The lowest BCUT2D eigenvalue weighted by molar-refractivity contribution is 0.399. The standard InChI is InChI=1S/CH4O.4ClH.H2O/c1-2;;;;;/h2H,1H3;4*1H;1H2. The molecule has 0 aromatic carbocycles. The van der Waals surface area contributed by atoms with E-state index in [1.165, 1.54) is 0 Å². The zero-order chi connectivity index (χ0) is 2.00. The van der Waals surface area contributed by atoms with Gasteiger partial charge < -0.3 is 10.6 Å². The van der Waals surface area contributed by atoms with Crippen molar-refractivity contribution in [3.05, 3.63) is 0 Å². The first-order valence-corrected chi connectivity index (χ1v) is 0.447. The highest BCUT2D eigenvalue weighted by molar-refractivity contribution is 5.86. The average Bonchev–Trinajstić information content (AvgIpc) is 1.00. The van der Waals surface area contributed by atoms with Gasteiger partial charge in [-0.25, -0.2) is 0 Å². The van der Waals surface area contributed by atoms with Crippen LogP contribution in [0.2, 0.25) is 0 Å². The van der Waals surface area contributed by atoms with E-state index in [9.17, 15) is 0 Å². The van der Waals surface area contributed by atoms with Crippen LogP contribution < -0.4 is 0 Å². The highest BCUT2D eigenvalue weighted by Crippen LogP contribution is 0.755. The molecule has 0 saturated carbocycles. The van der Waals surface area contributed by atoms with Gasteiger partial charge in [-0.2, -0.15) is 0 Å². The van der Waals surface area contributed by atoms with Crippen molar-refractivity contribution in [2.24, 2.45) is 0 Å². The van der Waals surface area contributed by atoms with Crippen molar-refractivity contribution < 1.29 is 10.6 Å². The van der Waals surface area contributed by atoms with E-state index in [4.69, 9.17) is 5.11 Å². The van der Waals surface area contributed by atoms with Crippen molar-refractivity contribution >= 4 is 49.6 Å². The van der Waals surface area contributed by atoms with Gasteiger partial charge in [0.25, 0.3) is 0 Å². The van der Waals surface area contributed by atoms with Crippen LogP contribution in [0.5, 0.6) is 0 Å². The van der Waals surface area contributed by atoms with Gasteiger partial charge >= 0.3 is 0 Å². The Balaban J connectivity index is -0.000000000500. The highest BCUT2D eigenvalue weighted by atomic mass is 35.5. The van der Waals surface area contributed by atoms with Crippen molar-refractivity contribution in [3.8, 4) is 0 Å². The van der Waals surface area contributed by atoms with Crippen LogP contribution in [0.1, 0.15) is 0 Å². The van der Waals surface area contributed by atoms with Gasteiger partial charge in [0.2, 0.25) is 0 Å². The smallest absolute Gasteiger partial charge is 0.0319 e. The lowest BCUT2D eigenvalue weighted by Gasteiger charge is -1.21.